The lowest BCUT2D eigenvalue weighted by Gasteiger charge is -2.33. The second-order valence-electron chi connectivity index (χ2n) is 7.06. The molecule has 1 amide bonds. The van der Waals surface area contributed by atoms with Gasteiger partial charge in [-0.15, -0.1) is 4.00 Å². The van der Waals surface area contributed by atoms with Crippen molar-refractivity contribution in [3.63, 3.8) is 0 Å². The van der Waals surface area contributed by atoms with Gasteiger partial charge < -0.3 is 9.64 Å². The Morgan fingerprint density at radius 1 is 1.44 bits per heavy atom. The minimum Gasteiger partial charge on any atom is -0.444 e. The first-order chi connectivity index (χ1) is 11.5. The molecule has 136 valence electrons. The highest BCUT2D eigenvalue weighted by Gasteiger charge is 2.46. The molecule has 2 unspecified atom stereocenters. The smallest absolute Gasteiger partial charge is 0.410 e. The number of hydrogen-bond acceptors (Lipinski definition) is 6. The molecule has 3 aliphatic heterocycles. The Labute approximate surface area is 151 Å². The first-order valence-corrected chi connectivity index (χ1v) is 9.86. The van der Waals surface area contributed by atoms with Crippen LogP contribution in [-0.4, -0.2) is 65.7 Å². The van der Waals surface area contributed by atoms with Crippen LogP contribution in [0.2, 0.25) is 0 Å². The molecule has 0 aliphatic carbocycles. The standard InChI is InChI=1S/C15H20ClN4O4S/c1-15(2,3)24-14(21)19-5-7-25(22,23)12(9-19)13-11-8-17-4-6-20(11,16)10-18-13/h4,6,8,10,12H,5,7,9H2,1-3H3/q+1. The molecule has 0 bridgehead atoms. The number of hydrogen-bond donors (Lipinski definition) is 0. The van der Waals surface area contributed by atoms with E-state index in [1.54, 1.807) is 27.0 Å². The van der Waals surface area contributed by atoms with Gasteiger partial charge in [0, 0.05) is 13.1 Å². The quantitative estimate of drug-likeness (QED) is 0.642. The number of nitrogens with zero attached hydrogens (tertiary/aromatic N) is 4. The van der Waals surface area contributed by atoms with E-state index >= 15 is 0 Å². The van der Waals surface area contributed by atoms with Crippen LogP contribution in [0.15, 0.2) is 33.8 Å². The molecular formula is C15H20ClN4O4S+. The summed E-state index contributed by atoms with van der Waals surface area (Å²) >= 11 is 6.42. The fraction of sp³-hybridized carbons (Fsp3) is 0.533. The summed E-state index contributed by atoms with van der Waals surface area (Å²) in [4.78, 5) is 22.0. The van der Waals surface area contributed by atoms with Crippen molar-refractivity contribution in [2.24, 2.45) is 9.98 Å². The van der Waals surface area contributed by atoms with Gasteiger partial charge in [-0.3, -0.25) is 4.99 Å². The summed E-state index contributed by atoms with van der Waals surface area (Å²) in [6.07, 6.45) is 5.51. The van der Waals surface area contributed by atoms with Crippen LogP contribution in [0, 0.1) is 0 Å². The highest BCUT2D eigenvalue weighted by atomic mass is 35.5. The Bertz CT molecular complexity index is 825. The van der Waals surface area contributed by atoms with E-state index < -0.39 is 26.8 Å². The number of ether oxygens (including phenoxy) is 1. The van der Waals surface area contributed by atoms with Crippen molar-refractivity contribution in [1.82, 2.24) is 4.90 Å². The van der Waals surface area contributed by atoms with Crippen LogP contribution in [0.1, 0.15) is 20.8 Å². The molecule has 3 rings (SSSR count). The molecule has 3 heterocycles. The predicted molar refractivity (Wildman–Crippen MR) is 94.6 cm³/mol. The molecular weight excluding hydrogens is 368 g/mol. The van der Waals surface area contributed by atoms with Gasteiger partial charge in [0.15, 0.2) is 21.6 Å². The summed E-state index contributed by atoms with van der Waals surface area (Å²) in [6, 6.07) is 0. The highest BCUT2D eigenvalue weighted by Crippen LogP contribution is 2.35. The zero-order valence-electron chi connectivity index (χ0n) is 14.2. The van der Waals surface area contributed by atoms with Crippen molar-refractivity contribution < 1.29 is 22.0 Å². The number of allylic oxidation sites excluding steroid dienone is 1. The zero-order chi connectivity index (χ0) is 18.5. The molecule has 0 aromatic heterocycles. The van der Waals surface area contributed by atoms with Gasteiger partial charge in [0.05, 0.1) is 18.2 Å². The second-order valence-corrected chi connectivity index (χ2v) is 9.92. The maximum Gasteiger partial charge on any atom is 0.410 e. The van der Waals surface area contributed by atoms with Crippen LogP contribution in [0.25, 0.3) is 0 Å². The molecule has 0 spiro atoms. The number of carbonyl (C=O) groups is 1. The summed E-state index contributed by atoms with van der Waals surface area (Å²) in [5, 5.41) is -0.961. The number of halogens is 1. The Morgan fingerprint density at radius 2 is 2.16 bits per heavy atom. The molecule has 0 saturated carbocycles. The number of sulfone groups is 1. The van der Waals surface area contributed by atoms with Gasteiger partial charge in [-0.25, -0.2) is 13.2 Å². The van der Waals surface area contributed by atoms with E-state index in [4.69, 9.17) is 16.5 Å². The summed E-state index contributed by atoms with van der Waals surface area (Å²) in [5.74, 6) is -0.154. The van der Waals surface area contributed by atoms with Crippen LogP contribution < -0.4 is 0 Å². The van der Waals surface area contributed by atoms with Crippen molar-refractivity contribution in [1.29, 1.82) is 0 Å². The topological polar surface area (TPSA) is 88.4 Å². The van der Waals surface area contributed by atoms with E-state index in [-0.39, 0.29) is 22.8 Å². The fourth-order valence-corrected chi connectivity index (χ4v) is 4.67. The lowest BCUT2D eigenvalue weighted by molar-refractivity contribution is -0.592. The Hall–Kier alpha value is -1.71. The Morgan fingerprint density at radius 3 is 2.84 bits per heavy atom. The van der Waals surface area contributed by atoms with Crippen molar-refractivity contribution >= 4 is 40.3 Å². The maximum atomic E-state index is 12.6. The van der Waals surface area contributed by atoms with E-state index in [1.165, 1.54) is 23.7 Å². The molecule has 10 heteroatoms. The lowest BCUT2D eigenvalue weighted by Crippen LogP contribution is -2.51. The van der Waals surface area contributed by atoms with Crippen LogP contribution in [0.5, 0.6) is 0 Å². The molecule has 25 heavy (non-hydrogen) atoms. The van der Waals surface area contributed by atoms with Crippen LogP contribution >= 0.6 is 11.8 Å². The molecule has 2 atom stereocenters. The molecule has 8 nitrogen and oxygen atoms in total. The van der Waals surface area contributed by atoms with Crippen LogP contribution in [0.4, 0.5) is 4.79 Å². The number of rotatable bonds is 1. The van der Waals surface area contributed by atoms with Crippen LogP contribution in [0.3, 0.4) is 0 Å². The minimum absolute atomic E-state index is 0.0259. The van der Waals surface area contributed by atoms with E-state index in [2.05, 4.69) is 9.98 Å². The normalized spacial score (nSPS) is 30.6. The third kappa shape index (κ3) is 3.49. The predicted octanol–water partition coefficient (Wildman–Crippen LogP) is 1.80. The van der Waals surface area contributed by atoms with Gasteiger partial charge in [0.25, 0.3) is 0 Å². The van der Waals surface area contributed by atoms with Crippen molar-refractivity contribution in [2.45, 2.75) is 31.6 Å². The summed E-state index contributed by atoms with van der Waals surface area (Å²) in [7, 11) is -3.47. The first-order valence-electron chi connectivity index (χ1n) is 7.80. The molecule has 0 N–H and O–H groups in total. The SMILES string of the molecule is CC(C)(C)OC(=O)N1CCS(=O)(=O)C(C2=C3C=NC=C[N+]3(Cl)C=N2)C1. The highest BCUT2D eigenvalue weighted by molar-refractivity contribution is 7.92. The van der Waals surface area contributed by atoms with Gasteiger partial charge in [-0.1, -0.05) is 0 Å². The van der Waals surface area contributed by atoms with E-state index in [0.29, 0.717) is 11.4 Å². The van der Waals surface area contributed by atoms with Crippen molar-refractivity contribution in [2.75, 3.05) is 18.8 Å². The summed E-state index contributed by atoms with van der Waals surface area (Å²) in [6.45, 7) is 5.36. The average Bonchev–Trinajstić information content (AvgIpc) is 2.82. The number of carbonyl (C=O) groups excluding carboxylic acids is 1. The lowest BCUT2D eigenvalue weighted by atomic mass is 10.2. The number of quaternary nitrogens is 1. The molecule has 3 aliphatic rings. The fourth-order valence-electron chi connectivity index (χ4n) is 2.75. The number of fused-ring (bicyclic) bond motifs is 1. The maximum absolute atomic E-state index is 12.6. The number of amides is 1. The van der Waals surface area contributed by atoms with Gasteiger partial charge in [-0.2, -0.15) is 4.99 Å². The van der Waals surface area contributed by atoms with Gasteiger partial charge in [0.1, 0.15) is 22.7 Å². The first kappa shape index (κ1) is 18.1. The molecule has 1 fully saturated rings. The molecule has 0 radical (unpaired) electrons. The molecule has 0 aromatic rings. The monoisotopic (exact) mass is 387 g/mol. The Kier molecular flexibility index (Phi) is 4.29. The van der Waals surface area contributed by atoms with Crippen LogP contribution in [-0.2, 0) is 14.6 Å². The number of aliphatic imine (C=N–C) groups is 2. The summed E-state index contributed by atoms with van der Waals surface area (Å²) in [5.41, 5.74) is 0.138. The average molecular weight is 388 g/mol. The van der Waals surface area contributed by atoms with Crippen molar-refractivity contribution in [3.8, 4) is 0 Å². The van der Waals surface area contributed by atoms with E-state index in [9.17, 15) is 13.2 Å². The molecule has 1 saturated heterocycles. The zero-order valence-corrected chi connectivity index (χ0v) is 15.8. The van der Waals surface area contributed by atoms with E-state index in [0.717, 1.165) is 0 Å². The third-order valence-electron chi connectivity index (χ3n) is 3.99. The Balaban J connectivity index is 1.91. The second kappa shape index (κ2) is 5.93. The van der Waals surface area contributed by atoms with Gasteiger partial charge >= 0.3 is 6.09 Å². The van der Waals surface area contributed by atoms with Gasteiger partial charge in [0.2, 0.25) is 12.0 Å². The van der Waals surface area contributed by atoms with Gasteiger partial charge in [-0.05, 0) is 20.8 Å². The van der Waals surface area contributed by atoms with E-state index in [1.807, 2.05) is 0 Å². The van der Waals surface area contributed by atoms with Crippen molar-refractivity contribution in [3.05, 3.63) is 23.8 Å². The molecule has 0 aromatic carbocycles. The summed E-state index contributed by atoms with van der Waals surface area (Å²) < 4.78 is 30.3. The largest absolute Gasteiger partial charge is 0.444 e. The third-order valence-corrected chi connectivity index (χ3v) is 6.36. The minimum atomic E-state index is -3.47.